The van der Waals surface area contributed by atoms with Crippen LogP contribution in [-0.4, -0.2) is 48.6 Å². The van der Waals surface area contributed by atoms with Crippen LogP contribution >= 0.6 is 0 Å². The van der Waals surface area contributed by atoms with Crippen LogP contribution in [-0.2, 0) is 11.2 Å². The molecule has 2 fully saturated rings. The van der Waals surface area contributed by atoms with Crippen molar-refractivity contribution in [3.63, 3.8) is 0 Å². The van der Waals surface area contributed by atoms with Gasteiger partial charge in [-0.15, -0.1) is 0 Å². The zero-order chi connectivity index (χ0) is 15.9. The average molecular weight is 315 g/mol. The van der Waals surface area contributed by atoms with Crippen molar-refractivity contribution in [2.45, 2.75) is 24.8 Å². The SMILES string of the molecule is O=C1NC2(CCNCC2)C(=O)N1C[C@@H]1COc2ccccc2C1. The molecular formula is C17H21N3O3. The van der Waals surface area contributed by atoms with E-state index in [2.05, 4.69) is 10.6 Å². The first-order valence-electron chi connectivity index (χ1n) is 8.23. The Morgan fingerprint density at radius 1 is 1.22 bits per heavy atom. The van der Waals surface area contributed by atoms with Crippen LogP contribution in [0.5, 0.6) is 5.75 Å². The van der Waals surface area contributed by atoms with E-state index in [9.17, 15) is 9.59 Å². The highest BCUT2D eigenvalue weighted by atomic mass is 16.5. The van der Waals surface area contributed by atoms with Gasteiger partial charge < -0.3 is 15.4 Å². The zero-order valence-electron chi connectivity index (χ0n) is 13.0. The molecule has 1 spiro atoms. The number of hydrogen-bond acceptors (Lipinski definition) is 4. The first-order valence-corrected chi connectivity index (χ1v) is 8.23. The summed E-state index contributed by atoms with van der Waals surface area (Å²) >= 11 is 0. The molecule has 0 aromatic heterocycles. The maximum Gasteiger partial charge on any atom is 0.325 e. The molecule has 23 heavy (non-hydrogen) atoms. The molecule has 6 heteroatoms. The van der Waals surface area contributed by atoms with E-state index in [1.54, 1.807) is 0 Å². The van der Waals surface area contributed by atoms with Gasteiger partial charge in [0.05, 0.1) is 6.61 Å². The number of amides is 3. The molecule has 3 heterocycles. The van der Waals surface area contributed by atoms with Crippen LogP contribution in [0.15, 0.2) is 24.3 Å². The second kappa shape index (κ2) is 5.53. The standard InChI is InChI=1S/C17H21N3O3/c21-15-17(5-7-18-8-6-17)19-16(22)20(15)10-12-9-13-3-1-2-4-14(13)23-11-12/h1-4,12,18H,5-11H2,(H,19,22)/t12-/m1/s1. The summed E-state index contributed by atoms with van der Waals surface area (Å²) in [6, 6.07) is 7.70. The second-order valence-electron chi connectivity index (χ2n) is 6.67. The van der Waals surface area contributed by atoms with E-state index in [1.807, 2.05) is 24.3 Å². The minimum Gasteiger partial charge on any atom is -0.493 e. The summed E-state index contributed by atoms with van der Waals surface area (Å²) in [5, 5.41) is 6.17. The Kier molecular flexibility index (Phi) is 3.49. The van der Waals surface area contributed by atoms with Crippen molar-refractivity contribution in [3.8, 4) is 5.75 Å². The van der Waals surface area contributed by atoms with Gasteiger partial charge >= 0.3 is 6.03 Å². The van der Waals surface area contributed by atoms with Crippen LogP contribution in [0.2, 0.25) is 0 Å². The molecule has 0 radical (unpaired) electrons. The molecule has 6 nitrogen and oxygen atoms in total. The third-order valence-electron chi connectivity index (χ3n) is 5.10. The fraction of sp³-hybridized carbons (Fsp3) is 0.529. The number of carbonyl (C=O) groups excluding carboxylic acids is 2. The quantitative estimate of drug-likeness (QED) is 0.796. The lowest BCUT2D eigenvalue weighted by Gasteiger charge is -2.32. The fourth-order valence-electron chi connectivity index (χ4n) is 3.80. The molecule has 2 saturated heterocycles. The highest BCUT2D eigenvalue weighted by Gasteiger charge is 2.51. The van der Waals surface area contributed by atoms with E-state index in [1.165, 1.54) is 4.90 Å². The van der Waals surface area contributed by atoms with Gasteiger partial charge in [-0.25, -0.2) is 4.79 Å². The van der Waals surface area contributed by atoms with Gasteiger partial charge in [0, 0.05) is 12.5 Å². The number of nitrogens with one attached hydrogen (secondary N) is 2. The van der Waals surface area contributed by atoms with Gasteiger partial charge in [-0.2, -0.15) is 0 Å². The Morgan fingerprint density at radius 3 is 2.83 bits per heavy atom. The number of rotatable bonds is 2. The number of carbonyl (C=O) groups is 2. The van der Waals surface area contributed by atoms with Gasteiger partial charge in [-0.05, 0) is 44.0 Å². The molecule has 3 aliphatic heterocycles. The third-order valence-corrected chi connectivity index (χ3v) is 5.10. The van der Waals surface area contributed by atoms with E-state index in [4.69, 9.17) is 4.74 Å². The smallest absolute Gasteiger partial charge is 0.325 e. The lowest BCUT2D eigenvalue weighted by Crippen LogP contribution is -2.54. The molecule has 1 aromatic carbocycles. The maximum atomic E-state index is 12.8. The highest BCUT2D eigenvalue weighted by molar-refractivity contribution is 6.07. The number of hydrogen-bond donors (Lipinski definition) is 2. The van der Waals surface area contributed by atoms with Crippen molar-refractivity contribution < 1.29 is 14.3 Å². The van der Waals surface area contributed by atoms with Gasteiger partial charge in [0.1, 0.15) is 11.3 Å². The first kappa shape index (κ1) is 14.5. The van der Waals surface area contributed by atoms with Crippen LogP contribution in [0.25, 0.3) is 0 Å². The van der Waals surface area contributed by atoms with Gasteiger partial charge in [-0.1, -0.05) is 18.2 Å². The number of benzene rings is 1. The van der Waals surface area contributed by atoms with Gasteiger partial charge in [-0.3, -0.25) is 9.69 Å². The van der Waals surface area contributed by atoms with Crippen molar-refractivity contribution in [1.82, 2.24) is 15.5 Å². The Hall–Kier alpha value is -2.08. The van der Waals surface area contributed by atoms with Crippen molar-refractivity contribution in [2.24, 2.45) is 5.92 Å². The number of para-hydroxylation sites is 1. The molecule has 3 amide bonds. The zero-order valence-corrected chi connectivity index (χ0v) is 13.0. The first-order chi connectivity index (χ1) is 11.2. The lowest BCUT2D eigenvalue weighted by atomic mass is 9.88. The molecule has 1 aromatic rings. The van der Waals surface area contributed by atoms with E-state index in [0.717, 1.165) is 30.8 Å². The number of fused-ring (bicyclic) bond motifs is 1. The molecule has 122 valence electrons. The maximum absolute atomic E-state index is 12.8. The minimum absolute atomic E-state index is 0.0668. The Balaban J connectivity index is 1.47. The van der Waals surface area contributed by atoms with Crippen LogP contribution < -0.4 is 15.4 Å². The van der Waals surface area contributed by atoms with Gasteiger partial charge in [0.2, 0.25) is 0 Å². The predicted molar refractivity (Wildman–Crippen MR) is 84.2 cm³/mol. The summed E-state index contributed by atoms with van der Waals surface area (Å²) in [5.41, 5.74) is 0.461. The summed E-state index contributed by atoms with van der Waals surface area (Å²) in [7, 11) is 0. The fourth-order valence-corrected chi connectivity index (χ4v) is 3.80. The van der Waals surface area contributed by atoms with E-state index >= 15 is 0 Å². The average Bonchev–Trinajstić information content (AvgIpc) is 2.80. The molecule has 0 unspecified atom stereocenters. The normalized spacial score (nSPS) is 25.9. The Bertz CT molecular complexity index is 640. The summed E-state index contributed by atoms with van der Waals surface area (Å²) in [6.45, 7) is 2.50. The Labute approximate surface area is 135 Å². The minimum atomic E-state index is -0.685. The molecule has 1 atom stereocenters. The molecule has 4 rings (SSSR count). The van der Waals surface area contributed by atoms with E-state index < -0.39 is 5.54 Å². The van der Waals surface area contributed by atoms with E-state index in [0.29, 0.717) is 26.0 Å². The number of nitrogens with zero attached hydrogens (tertiary/aromatic N) is 1. The Morgan fingerprint density at radius 2 is 2.00 bits per heavy atom. The predicted octanol–water partition coefficient (Wildman–Crippen LogP) is 0.912. The number of ether oxygens (including phenoxy) is 1. The molecule has 0 saturated carbocycles. The summed E-state index contributed by atoms with van der Waals surface area (Å²) in [5.74, 6) is 0.995. The van der Waals surface area contributed by atoms with Gasteiger partial charge in [0.25, 0.3) is 5.91 Å². The van der Waals surface area contributed by atoms with Gasteiger partial charge in [0.15, 0.2) is 0 Å². The molecule has 2 N–H and O–H groups in total. The number of urea groups is 1. The monoisotopic (exact) mass is 315 g/mol. The number of piperidine rings is 1. The van der Waals surface area contributed by atoms with Crippen molar-refractivity contribution in [3.05, 3.63) is 29.8 Å². The van der Waals surface area contributed by atoms with Crippen LogP contribution in [0, 0.1) is 5.92 Å². The molecule has 0 aliphatic carbocycles. The number of imide groups is 1. The molecule has 3 aliphatic rings. The van der Waals surface area contributed by atoms with Crippen LogP contribution in [0.1, 0.15) is 18.4 Å². The third kappa shape index (κ3) is 2.47. The van der Waals surface area contributed by atoms with Crippen LogP contribution in [0.3, 0.4) is 0 Å². The second-order valence-corrected chi connectivity index (χ2v) is 6.67. The highest BCUT2D eigenvalue weighted by Crippen LogP contribution is 2.30. The summed E-state index contributed by atoms with van der Waals surface area (Å²) < 4.78 is 5.77. The molecular weight excluding hydrogens is 294 g/mol. The van der Waals surface area contributed by atoms with Crippen LogP contribution in [0.4, 0.5) is 4.79 Å². The summed E-state index contributed by atoms with van der Waals surface area (Å²) in [4.78, 5) is 26.5. The van der Waals surface area contributed by atoms with Crippen molar-refractivity contribution >= 4 is 11.9 Å². The largest absolute Gasteiger partial charge is 0.493 e. The summed E-state index contributed by atoms with van der Waals surface area (Å²) in [6.07, 6.45) is 2.16. The van der Waals surface area contributed by atoms with Crippen molar-refractivity contribution in [1.29, 1.82) is 0 Å². The van der Waals surface area contributed by atoms with E-state index in [-0.39, 0.29) is 17.9 Å². The lowest BCUT2D eigenvalue weighted by molar-refractivity contribution is -0.132. The topological polar surface area (TPSA) is 70.7 Å². The van der Waals surface area contributed by atoms with Crippen molar-refractivity contribution in [2.75, 3.05) is 26.2 Å². The molecule has 0 bridgehead atoms.